The second kappa shape index (κ2) is 12.4. The summed E-state index contributed by atoms with van der Waals surface area (Å²) in [7, 11) is 0. The normalized spacial score (nSPS) is 23.1. The van der Waals surface area contributed by atoms with Crippen molar-refractivity contribution in [3.63, 3.8) is 0 Å². The minimum atomic E-state index is -0.747. The molecule has 226 valence electrons. The highest BCUT2D eigenvalue weighted by Crippen LogP contribution is 2.47. The molecule has 1 aliphatic heterocycles. The second-order valence-corrected chi connectivity index (χ2v) is 13.7. The summed E-state index contributed by atoms with van der Waals surface area (Å²) in [5, 5.41) is 0. The van der Waals surface area contributed by atoms with E-state index in [2.05, 4.69) is 18.7 Å². The van der Waals surface area contributed by atoms with Gasteiger partial charge in [-0.3, -0.25) is 9.78 Å². The fourth-order valence-electron chi connectivity index (χ4n) is 6.09. The highest BCUT2D eigenvalue weighted by molar-refractivity contribution is 5.84. The molecule has 0 bridgehead atoms. The molecule has 3 aliphatic rings. The van der Waals surface area contributed by atoms with Crippen LogP contribution >= 0.6 is 0 Å². The van der Waals surface area contributed by atoms with Gasteiger partial charge in [-0.15, -0.1) is 0 Å². The van der Waals surface area contributed by atoms with E-state index in [4.69, 9.17) is 19.2 Å². The lowest BCUT2D eigenvalue weighted by Crippen LogP contribution is -2.37. The molecule has 0 unspecified atom stereocenters. The van der Waals surface area contributed by atoms with Crippen molar-refractivity contribution in [2.45, 2.75) is 103 Å². The molecule has 1 saturated carbocycles. The third-order valence-corrected chi connectivity index (χ3v) is 8.31. The number of aromatic nitrogens is 1. The van der Waals surface area contributed by atoms with Crippen LogP contribution in [0.1, 0.15) is 108 Å². The topological polar surface area (TPSA) is 57.7 Å². The van der Waals surface area contributed by atoms with E-state index in [1.54, 1.807) is 12.1 Å². The van der Waals surface area contributed by atoms with Gasteiger partial charge < -0.3 is 14.2 Å². The number of rotatable bonds is 6. The third kappa shape index (κ3) is 7.76. The summed E-state index contributed by atoms with van der Waals surface area (Å²) in [4.78, 5) is 18.0. The average Bonchev–Trinajstić information content (AvgIpc) is 3.76. The molecule has 1 aromatic heterocycles. The molecule has 0 amide bonds. The van der Waals surface area contributed by atoms with Gasteiger partial charge in [-0.25, -0.2) is 4.39 Å². The van der Waals surface area contributed by atoms with Crippen LogP contribution in [0.25, 0.3) is 22.8 Å². The predicted octanol–water partition coefficient (Wildman–Crippen LogP) is 8.66. The zero-order chi connectivity index (χ0) is 30.1. The van der Waals surface area contributed by atoms with Crippen molar-refractivity contribution in [1.82, 2.24) is 4.98 Å². The van der Waals surface area contributed by atoms with Gasteiger partial charge in [0.2, 0.25) is 0 Å². The summed E-state index contributed by atoms with van der Waals surface area (Å²) in [6.07, 6.45) is 11.8. The van der Waals surface area contributed by atoms with Gasteiger partial charge in [0.05, 0.1) is 31.0 Å². The lowest BCUT2D eigenvalue weighted by molar-refractivity contribution is -0.234. The van der Waals surface area contributed by atoms with Crippen LogP contribution < -0.4 is 0 Å². The minimum absolute atomic E-state index is 0.00522. The number of ether oxygens (including phenoxy) is 3. The molecule has 2 aromatic rings. The lowest BCUT2D eigenvalue weighted by Gasteiger charge is -2.34. The van der Waals surface area contributed by atoms with E-state index < -0.39 is 11.4 Å². The highest BCUT2D eigenvalue weighted by Gasteiger charge is 2.33. The first-order valence-electron chi connectivity index (χ1n) is 15.6. The van der Waals surface area contributed by atoms with Gasteiger partial charge in [0, 0.05) is 17.4 Å². The van der Waals surface area contributed by atoms with Gasteiger partial charge in [-0.2, -0.15) is 0 Å². The van der Waals surface area contributed by atoms with E-state index in [1.165, 1.54) is 5.56 Å². The average molecular weight is 576 g/mol. The van der Waals surface area contributed by atoms with Crippen LogP contribution in [-0.2, 0) is 25.4 Å². The number of halogens is 1. The van der Waals surface area contributed by atoms with Gasteiger partial charge in [-0.05, 0) is 120 Å². The molecule has 5 rings (SSSR count). The second-order valence-electron chi connectivity index (χ2n) is 13.7. The van der Waals surface area contributed by atoms with Gasteiger partial charge >= 0.3 is 5.97 Å². The number of benzene rings is 1. The van der Waals surface area contributed by atoms with Crippen LogP contribution in [0.5, 0.6) is 0 Å². The molecule has 5 nitrogen and oxygen atoms in total. The van der Waals surface area contributed by atoms with Gasteiger partial charge in [0.15, 0.2) is 5.79 Å². The molecule has 1 saturated heterocycles. The van der Waals surface area contributed by atoms with Crippen molar-refractivity contribution in [3.05, 3.63) is 65.3 Å². The molecule has 1 aromatic carbocycles. The number of hydrogen-bond donors (Lipinski definition) is 0. The molecule has 42 heavy (non-hydrogen) atoms. The van der Waals surface area contributed by atoms with Crippen molar-refractivity contribution >= 4 is 17.6 Å². The van der Waals surface area contributed by atoms with Gasteiger partial charge in [-0.1, -0.05) is 30.9 Å². The standard InChI is InChI=1S/C36H46FNO4/c1-23-9-7-8-10-29-32(26-14-16-28(37)17-15-26)30(34(27-12-13-27)38-33(23)29)18-11-24-19-25(20-31(39)42-35(2,3)4)22-41-36(5,6)40-21-24/h11,14-18,24-25,27H,1,7-10,12-13,19-22H2,2-6H3/b18-11+/t24-,25-/m1/s1. The molecule has 2 aliphatic carbocycles. The largest absolute Gasteiger partial charge is 0.460 e. The first-order chi connectivity index (χ1) is 19.9. The molecule has 0 N–H and O–H groups in total. The molecule has 6 heteroatoms. The van der Waals surface area contributed by atoms with Crippen LogP contribution in [0, 0.1) is 17.7 Å². The summed E-state index contributed by atoms with van der Waals surface area (Å²) < 4.78 is 31.9. The van der Waals surface area contributed by atoms with Gasteiger partial charge in [0.1, 0.15) is 11.4 Å². The fourth-order valence-corrected chi connectivity index (χ4v) is 6.09. The number of pyridine rings is 1. The Morgan fingerprint density at radius 3 is 2.50 bits per heavy atom. The maximum Gasteiger partial charge on any atom is 0.306 e. The Labute approximate surface area is 250 Å². The van der Waals surface area contributed by atoms with Crippen LogP contribution in [0.4, 0.5) is 4.39 Å². The zero-order valence-corrected chi connectivity index (χ0v) is 25.9. The summed E-state index contributed by atoms with van der Waals surface area (Å²) in [6, 6.07) is 6.87. The van der Waals surface area contributed by atoms with E-state index in [9.17, 15) is 9.18 Å². The Bertz CT molecular complexity index is 1330. The molecule has 2 atom stereocenters. The van der Waals surface area contributed by atoms with E-state index >= 15 is 0 Å². The summed E-state index contributed by atoms with van der Waals surface area (Å²) in [5.41, 5.74) is 7.24. The third-order valence-electron chi connectivity index (χ3n) is 8.31. The Kier molecular flexibility index (Phi) is 9.05. The number of fused-ring (bicyclic) bond motifs is 1. The Morgan fingerprint density at radius 2 is 1.81 bits per heavy atom. The van der Waals surface area contributed by atoms with Crippen molar-refractivity contribution in [1.29, 1.82) is 0 Å². The molecule has 2 heterocycles. The van der Waals surface area contributed by atoms with Crippen LogP contribution in [-0.4, -0.2) is 35.6 Å². The SMILES string of the molecule is C=C1CCCCc2c1nc(C1CC1)c(/C=C/[C@H]1COC(C)(C)OC[C@@H](CC(=O)OC(C)(C)C)C1)c2-c1ccc(F)cc1. The van der Waals surface area contributed by atoms with Crippen molar-refractivity contribution in [2.24, 2.45) is 11.8 Å². The number of nitrogens with zero attached hydrogens (tertiary/aromatic N) is 1. The molecular formula is C36H46FNO4. The van der Waals surface area contributed by atoms with E-state index in [1.807, 2.05) is 46.8 Å². The maximum absolute atomic E-state index is 14.0. The Hall–Kier alpha value is -2.83. The van der Waals surface area contributed by atoms with Crippen LogP contribution in [0.2, 0.25) is 0 Å². The van der Waals surface area contributed by atoms with E-state index in [-0.39, 0.29) is 23.6 Å². The van der Waals surface area contributed by atoms with Gasteiger partial charge in [0.25, 0.3) is 0 Å². The van der Waals surface area contributed by atoms with Crippen molar-refractivity contribution < 1.29 is 23.4 Å². The van der Waals surface area contributed by atoms with Crippen molar-refractivity contribution in [2.75, 3.05) is 13.2 Å². The minimum Gasteiger partial charge on any atom is -0.460 e. The quantitative estimate of drug-likeness (QED) is 0.255. The smallest absolute Gasteiger partial charge is 0.306 e. The Morgan fingerprint density at radius 1 is 1.12 bits per heavy atom. The number of carbonyl (C=O) groups is 1. The lowest BCUT2D eigenvalue weighted by atomic mass is 9.87. The fraction of sp³-hybridized carbons (Fsp3) is 0.556. The van der Waals surface area contributed by atoms with E-state index in [0.717, 1.165) is 78.6 Å². The summed E-state index contributed by atoms with van der Waals surface area (Å²) >= 11 is 0. The molecular weight excluding hydrogens is 529 g/mol. The van der Waals surface area contributed by atoms with Crippen LogP contribution in [0.3, 0.4) is 0 Å². The van der Waals surface area contributed by atoms with Crippen molar-refractivity contribution in [3.8, 4) is 11.1 Å². The van der Waals surface area contributed by atoms with Crippen LogP contribution in [0.15, 0.2) is 36.9 Å². The summed E-state index contributed by atoms with van der Waals surface area (Å²) in [5.74, 6) is -0.694. The zero-order valence-electron chi connectivity index (χ0n) is 25.9. The number of carbonyl (C=O) groups excluding carboxylic acids is 1. The maximum atomic E-state index is 14.0. The Balaban J connectivity index is 1.53. The predicted molar refractivity (Wildman–Crippen MR) is 165 cm³/mol. The monoisotopic (exact) mass is 575 g/mol. The molecule has 0 spiro atoms. The first kappa shape index (κ1) is 30.6. The molecule has 2 fully saturated rings. The van der Waals surface area contributed by atoms with E-state index in [0.29, 0.717) is 25.6 Å². The summed E-state index contributed by atoms with van der Waals surface area (Å²) in [6.45, 7) is 14.8. The first-order valence-corrected chi connectivity index (χ1v) is 15.6. The highest BCUT2D eigenvalue weighted by atomic mass is 19.1. The molecule has 0 radical (unpaired) electrons. The number of esters is 1. The number of allylic oxidation sites excluding steroid dienone is 1. The number of hydrogen-bond acceptors (Lipinski definition) is 5.